The molecule has 31 heavy (non-hydrogen) atoms. The summed E-state index contributed by atoms with van der Waals surface area (Å²) >= 11 is 0. The average Bonchev–Trinajstić information content (AvgIpc) is 2.87. The Hall–Kier alpha value is -1.82. The maximum absolute atomic E-state index is 13.7. The number of aliphatic carboxylic acids is 1. The van der Waals surface area contributed by atoms with Gasteiger partial charge >= 0.3 is 5.97 Å². The van der Waals surface area contributed by atoms with Gasteiger partial charge in [0, 0.05) is 35.7 Å². The van der Waals surface area contributed by atoms with Crippen molar-refractivity contribution in [2.24, 2.45) is 39.4 Å². The number of hydrogen-bond donors (Lipinski definition) is 2. The smallest absolute Gasteiger partial charge is 0.306 e. The van der Waals surface area contributed by atoms with Crippen molar-refractivity contribution >= 4 is 23.3 Å². The molecule has 0 aromatic rings. The summed E-state index contributed by atoms with van der Waals surface area (Å²) in [4.78, 5) is 51.8. The molecule has 0 aliphatic heterocycles. The number of allylic oxidation sites excluding steroid dienone is 1. The standard InChI is InChI=1S/C25H34O6/c1-12(21(30)31)13-9-18(29)25(6)20-14(26)10-16-22(2,3)17(28)7-8-23(16,4)19(20)15(27)11-24(13,25)5/h12-14,16,26H,7-11H2,1-6H3,(H,30,31)/t12-,13+,14-,16-,23-,24+,25-/m0/s1. The van der Waals surface area contributed by atoms with Gasteiger partial charge in [0.25, 0.3) is 0 Å². The minimum Gasteiger partial charge on any atom is -0.481 e. The second kappa shape index (κ2) is 6.37. The number of carboxylic acid groups (broad SMARTS) is 1. The van der Waals surface area contributed by atoms with E-state index in [1.807, 2.05) is 34.6 Å². The third kappa shape index (κ3) is 2.48. The fraction of sp³-hybridized carbons (Fsp3) is 0.760. The van der Waals surface area contributed by atoms with Gasteiger partial charge in [-0.1, -0.05) is 34.6 Å². The van der Waals surface area contributed by atoms with E-state index in [0.717, 1.165) is 0 Å². The Morgan fingerprint density at radius 1 is 1.06 bits per heavy atom. The second-order valence-electron chi connectivity index (χ2n) is 11.7. The van der Waals surface area contributed by atoms with Crippen LogP contribution < -0.4 is 0 Å². The molecule has 6 heteroatoms. The van der Waals surface area contributed by atoms with Gasteiger partial charge in [0.15, 0.2) is 5.78 Å². The summed E-state index contributed by atoms with van der Waals surface area (Å²) in [5.74, 6) is -2.41. The summed E-state index contributed by atoms with van der Waals surface area (Å²) in [6, 6.07) is 0. The van der Waals surface area contributed by atoms with E-state index in [2.05, 4.69) is 0 Å². The van der Waals surface area contributed by atoms with Crippen LogP contribution in [0.25, 0.3) is 0 Å². The summed E-state index contributed by atoms with van der Waals surface area (Å²) in [5.41, 5.74) is -2.11. The van der Waals surface area contributed by atoms with Gasteiger partial charge in [-0.05, 0) is 42.6 Å². The third-order valence-corrected chi connectivity index (χ3v) is 10.1. The molecule has 0 spiro atoms. The largest absolute Gasteiger partial charge is 0.481 e. The van der Waals surface area contributed by atoms with E-state index in [-0.39, 0.29) is 36.1 Å². The lowest BCUT2D eigenvalue weighted by atomic mass is 9.42. The topological polar surface area (TPSA) is 109 Å². The minimum atomic E-state index is -1.08. The lowest BCUT2D eigenvalue weighted by molar-refractivity contribution is -0.149. The highest BCUT2D eigenvalue weighted by molar-refractivity contribution is 6.05. The number of aliphatic hydroxyl groups is 1. The second-order valence-corrected chi connectivity index (χ2v) is 11.7. The van der Waals surface area contributed by atoms with Gasteiger partial charge in [0.05, 0.1) is 17.4 Å². The van der Waals surface area contributed by atoms with Crippen molar-refractivity contribution in [1.29, 1.82) is 0 Å². The van der Waals surface area contributed by atoms with Gasteiger partial charge < -0.3 is 10.2 Å². The first kappa shape index (κ1) is 22.4. The van der Waals surface area contributed by atoms with Crippen LogP contribution in [0.3, 0.4) is 0 Å². The van der Waals surface area contributed by atoms with Crippen LogP contribution in [0.1, 0.15) is 73.6 Å². The maximum Gasteiger partial charge on any atom is 0.306 e. The number of carboxylic acids is 1. The Kier molecular flexibility index (Phi) is 4.60. The molecular weight excluding hydrogens is 396 g/mol. The molecule has 170 valence electrons. The van der Waals surface area contributed by atoms with Crippen LogP contribution in [0, 0.1) is 39.4 Å². The Morgan fingerprint density at radius 2 is 1.68 bits per heavy atom. The quantitative estimate of drug-likeness (QED) is 0.695. The summed E-state index contributed by atoms with van der Waals surface area (Å²) in [5, 5.41) is 21.0. The SMILES string of the molecule is C[C@H](C(=O)O)[C@H]1CC(=O)[C@@]2(C)C3=C(C(=O)C[C@]12C)[C@@]1(C)CCC(=O)C(C)(C)[C@@H]1C[C@@H]3O. The van der Waals surface area contributed by atoms with Gasteiger partial charge in [-0.3, -0.25) is 19.2 Å². The molecule has 2 saturated carbocycles. The number of Topliss-reactive ketones (excluding diaryl/α,β-unsaturated/α-hetero) is 3. The van der Waals surface area contributed by atoms with Crippen LogP contribution in [0.15, 0.2) is 11.1 Å². The molecule has 0 aromatic carbocycles. The average molecular weight is 431 g/mol. The first-order valence-corrected chi connectivity index (χ1v) is 11.4. The van der Waals surface area contributed by atoms with Crippen molar-refractivity contribution in [3.05, 3.63) is 11.1 Å². The molecule has 7 atom stereocenters. The summed E-state index contributed by atoms with van der Waals surface area (Å²) in [7, 11) is 0. The third-order valence-electron chi connectivity index (χ3n) is 10.1. The number of hydrogen-bond acceptors (Lipinski definition) is 5. The highest BCUT2D eigenvalue weighted by Crippen LogP contribution is 2.70. The molecule has 0 amide bonds. The molecule has 6 nitrogen and oxygen atoms in total. The summed E-state index contributed by atoms with van der Waals surface area (Å²) < 4.78 is 0. The molecule has 0 aromatic heterocycles. The van der Waals surface area contributed by atoms with Crippen LogP contribution in [0.5, 0.6) is 0 Å². The van der Waals surface area contributed by atoms with E-state index in [1.54, 1.807) is 6.92 Å². The zero-order valence-electron chi connectivity index (χ0n) is 19.4. The summed E-state index contributed by atoms with van der Waals surface area (Å²) in [6.45, 7) is 11.1. The molecule has 4 aliphatic rings. The Morgan fingerprint density at radius 3 is 2.26 bits per heavy atom. The van der Waals surface area contributed by atoms with Gasteiger partial charge in [0.2, 0.25) is 0 Å². The van der Waals surface area contributed by atoms with Crippen LogP contribution >= 0.6 is 0 Å². The molecular formula is C25H34O6. The van der Waals surface area contributed by atoms with E-state index in [0.29, 0.717) is 30.4 Å². The van der Waals surface area contributed by atoms with E-state index < -0.39 is 45.6 Å². The molecule has 4 aliphatic carbocycles. The van der Waals surface area contributed by atoms with Gasteiger partial charge in [-0.15, -0.1) is 0 Å². The Bertz CT molecular complexity index is 944. The molecule has 2 N–H and O–H groups in total. The predicted molar refractivity (Wildman–Crippen MR) is 113 cm³/mol. The van der Waals surface area contributed by atoms with Crippen molar-refractivity contribution in [1.82, 2.24) is 0 Å². The molecule has 0 heterocycles. The van der Waals surface area contributed by atoms with E-state index in [4.69, 9.17) is 0 Å². The van der Waals surface area contributed by atoms with Crippen LogP contribution in [0.2, 0.25) is 0 Å². The number of ketones is 3. The number of carbonyl (C=O) groups excluding carboxylic acids is 3. The number of carbonyl (C=O) groups is 4. The number of fused-ring (bicyclic) bond motifs is 4. The van der Waals surface area contributed by atoms with Gasteiger partial charge in [0.1, 0.15) is 11.6 Å². The first-order chi connectivity index (χ1) is 14.1. The van der Waals surface area contributed by atoms with Crippen LogP contribution in [-0.2, 0) is 19.2 Å². The van der Waals surface area contributed by atoms with Crippen molar-refractivity contribution in [2.45, 2.75) is 79.8 Å². The molecule has 0 bridgehead atoms. The highest BCUT2D eigenvalue weighted by atomic mass is 16.4. The van der Waals surface area contributed by atoms with Gasteiger partial charge in [-0.25, -0.2) is 0 Å². The van der Waals surface area contributed by atoms with E-state index >= 15 is 0 Å². The molecule has 0 radical (unpaired) electrons. The molecule has 0 unspecified atom stereocenters. The fourth-order valence-corrected chi connectivity index (χ4v) is 7.99. The Balaban J connectivity index is 1.95. The predicted octanol–water partition coefficient (Wildman–Crippen LogP) is 3.35. The van der Waals surface area contributed by atoms with Crippen LogP contribution in [0.4, 0.5) is 0 Å². The highest BCUT2D eigenvalue weighted by Gasteiger charge is 2.70. The van der Waals surface area contributed by atoms with E-state index in [9.17, 15) is 29.4 Å². The maximum atomic E-state index is 13.7. The number of aliphatic hydroxyl groups excluding tert-OH is 1. The zero-order valence-corrected chi connectivity index (χ0v) is 19.4. The van der Waals surface area contributed by atoms with Crippen molar-refractivity contribution < 1.29 is 29.4 Å². The van der Waals surface area contributed by atoms with E-state index in [1.165, 1.54) is 0 Å². The van der Waals surface area contributed by atoms with Crippen molar-refractivity contribution in [2.75, 3.05) is 0 Å². The molecule has 2 fully saturated rings. The van der Waals surface area contributed by atoms with Gasteiger partial charge in [-0.2, -0.15) is 0 Å². The van der Waals surface area contributed by atoms with Crippen molar-refractivity contribution in [3.63, 3.8) is 0 Å². The molecule has 4 rings (SSSR count). The van der Waals surface area contributed by atoms with Crippen molar-refractivity contribution in [3.8, 4) is 0 Å². The number of rotatable bonds is 2. The normalized spacial score (nSPS) is 45.1. The first-order valence-electron chi connectivity index (χ1n) is 11.4. The lowest BCUT2D eigenvalue weighted by Crippen LogP contribution is -2.60. The summed E-state index contributed by atoms with van der Waals surface area (Å²) in [6.07, 6.45) is 0.448. The zero-order chi connectivity index (χ0) is 23.3. The Labute approximate surface area is 183 Å². The monoisotopic (exact) mass is 430 g/mol. The van der Waals surface area contributed by atoms with Crippen LogP contribution in [-0.4, -0.2) is 39.6 Å². The minimum absolute atomic E-state index is 0.0830. The fourth-order valence-electron chi connectivity index (χ4n) is 7.99. The lowest BCUT2D eigenvalue weighted by Gasteiger charge is -2.60. The molecule has 0 saturated heterocycles.